The molecule has 0 spiro atoms. The molecule has 2 atom stereocenters. The molecule has 1 aliphatic rings. The predicted molar refractivity (Wildman–Crippen MR) is 148 cm³/mol. The van der Waals surface area contributed by atoms with Gasteiger partial charge in [0.2, 0.25) is 0 Å². The number of carbonyl (C=O) groups excluding carboxylic acids is 1. The monoisotopic (exact) mass is 513 g/mol. The van der Waals surface area contributed by atoms with Crippen LogP contribution in [0, 0.1) is 5.82 Å². The van der Waals surface area contributed by atoms with Crippen molar-refractivity contribution in [3.8, 4) is 11.5 Å². The van der Waals surface area contributed by atoms with E-state index in [0.29, 0.717) is 29.6 Å². The fourth-order valence-corrected chi connectivity index (χ4v) is 5.13. The molecule has 196 valence electrons. The van der Waals surface area contributed by atoms with Crippen molar-refractivity contribution in [2.24, 2.45) is 0 Å². The third-order valence-electron chi connectivity index (χ3n) is 7.14. The Bertz CT molecular complexity index is 1400. The molecule has 0 N–H and O–H groups in total. The number of ether oxygens (including phenoxy) is 3. The highest BCUT2D eigenvalue weighted by molar-refractivity contribution is 5.86. The largest absolute Gasteiger partial charge is 0.486 e. The zero-order valence-electron chi connectivity index (χ0n) is 21.7. The lowest BCUT2D eigenvalue weighted by Gasteiger charge is -2.36. The van der Waals surface area contributed by atoms with Gasteiger partial charge < -0.3 is 19.1 Å². The molecule has 0 bridgehead atoms. The summed E-state index contributed by atoms with van der Waals surface area (Å²) in [6.07, 6.45) is 2.93. The van der Waals surface area contributed by atoms with Crippen molar-refractivity contribution in [1.82, 2.24) is 0 Å². The van der Waals surface area contributed by atoms with Crippen molar-refractivity contribution in [2.45, 2.75) is 38.2 Å². The predicted octanol–water partition coefficient (Wildman–Crippen LogP) is 7.40. The SMILES string of the molecule is COC(=O)COc1ccc(N2CC(CCC[C@H](C)c3cccc4ccccc34)Oc3ccc(F)cc32)cc1. The van der Waals surface area contributed by atoms with E-state index in [1.54, 1.807) is 18.2 Å². The molecule has 0 radical (unpaired) electrons. The Kier molecular flexibility index (Phi) is 7.78. The van der Waals surface area contributed by atoms with Crippen LogP contribution in [0.15, 0.2) is 84.9 Å². The first-order valence-corrected chi connectivity index (χ1v) is 13.0. The van der Waals surface area contributed by atoms with Gasteiger partial charge in [-0.05, 0) is 77.9 Å². The lowest BCUT2D eigenvalue weighted by atomic mass is 9.90. The molecule has 1 aliphatic heterocycles. The van der Waals surface area contributed by atoms with Crippen molar-refractivity contribution < 1.29 is 23.4 Å². The fraction of sp³-hybridized carbons (Fsp3) is 0.281. The second-order valence-electron chi connectivity index (χ2n) is 9.72. The van der Waals surface area contributed by atoms with E-state index in [1.807, 2.05) is 12.1 Å². The third kappa shape index (κ3) is 5.75. The lowest BCUT2D eigenvalue weighted by molar-refractivity contribution is -0.142. The number of anilines is 2. The minimum atomic E-state index is -0.440. The Morgan fingerprint density at radius 3 is 2.66 bits per heavy atom. The Morgan fingerprint density at radius 1 is 1.05 bits per heavy atom. The van der Waals surface area contributed by atoms with Gasteiger partial charge in [0.1, 0.15) is 23.4 Å². The zero-order valence-corrected chi connectivity index (χ0v) is 21.7. The van der Waals surface area contributed by atoms with Gasteiger partial charge in [-0.3, -0.25) is 0 Å². The molecule has 1 heterocycles. The highest BCUT2D eigenvalue weighted by atomic mass is 19.1. The van der Waals surface area contributed by atoms with Gasteiger partial charge in [-0.1, -0.05) is 49.4 Å². The Balaban J connectivity index is 1.27. The summed E-state index contributed by atoms with van der Waals surface area (Å²) in [7, 11) is 1.32. The maximum Gasteiger partial charge on any atom is 0.343 e. The summed E-state index contributed by atoms with van der Waals surface area (Å²) < 4.78 is 30.6. The molecule has 0 fully saturated rings. The van der Waals surface area contributed by atoms with Crippen molar-refractivity contribution in [3.63, 3.8) is 0 Å². The van der Waals surface area contributed by atoms with Crippen LogP contribution in [-0.2, 0) is 9.53 Å². The summed E-state index contributed by atoms with van der Waals surface area (Å²) in [4.78, 5) is 13.5. The topological polar surface area (TPSA) is 48.0 Å². The van der Waals surface area contributed by atoms with E-state index in [9.17, 15) is 9.18 Å². The minimum Gasteiger partial charge on any atom is -0.486 e. The maximum atomic E-state index is 14.2. The standard InChI is InChI=1S/C32H32FNO4/c1-22(28-12-6-9-23-8-3-4-11-29(23)28)7-5-10-27-20-34(30-19-24(33)13-18-31(30)38-27)25-14-16-26(17-15-25)37-21-32(35)36-2/h3-4,6,8-9,11-19,22,27H,5,7,10,20-21H2,1-2H3/t22-,27?/m0/s1. The van der Waals surface area contributed by atoms with Crippen LogP contribution in [0.2, 0.25) is 0 Å². The van der Waals surface area contributed by atoms with Crippen molar-refractivity contribution >= 4 is 28.1 Å². The molecule has 1 unspecified atom stereocenters. The summed E-state index contributed by atoms with van der Waals surface area (Å²) in [5.74, 6) is 0.920. The summed E-state index contributed by atoms with van der Waals surface area (Å²) in [6, 6.07) is 27.1. The normalized spacial score (nSPS) is 15.4. The average molecular weight is 514 g/mol. The second kappa shape index (κ2) is 11.5. The second-order valence-corrected chi connectivity index (χ2v) is 9.72. The van der Waals surface area contributed by atoms with Crippen molar-refractivity contribution in [2.75, 3.05) is 25.2 Å². The van der Waals surface area contributed by atoms with Gasteiger partial charge in [-0.15, -0.1) is 0 Å². The van der Waals surface area contributed by atoms with Crippen molar-refractivity contribution in [1.29, 1.82) is 0 Å². The Hall–Kier alpha value is -4.06. The highest BCUT2D eigenvalue weighted by Crippen LogP contribution is 2.40. The first-order chi connectivity index (χ1) is 18.5. The van der Waals surface area contributed by atoms with Crippen LogP contribution in [-0.4, -0.2) is 32.3 Å². The van der Waals surface area contributed by atoms with E-state index in [1.165, 1.54) is 35.6 Å². The lowest BCUT2D eigenvalue weighted by Crippen LogP contribution is -2.37. The quantitative estimate of drug-likeness (QED) is 0.218. The Labute approximate surface area is 222 Å². The van der Waals surface area contributed by atoms with Crippen LogP contribution in [0.25, 0.3) is 10.8 Å². The molecule has 4 aromatic carbocycles. The molecule has 0 amide bonds. The highest BCUT2D eigenvalue weighted by Gasteiger charge is 2.27. The number of hydrogen-bond donors (Lipinski definition) is 0. The number of hydrogen-bond acceptors (Lipinski definition) is 5. The smallest absolute Gasteiger partial charge is 0.343 e. The summed E-state index contributed by atoms with van der Waals surface area (Å²) in [5, 5.41) is 2.59. The molecule has 5 rings (SSSR count). The number of nitrogens with zero attached hydrogens (tertiary/aromatic N) is 1. The number of benzene rings is 4. The molecule has 0 aromatic heterocycles. The van der Waals surface area contributed by atoms with E-state index in [4.69, 9.17) is 9.47 Å². The van der Waals surface area contributed by atoms with E-state index in [0.717, 1.165) is 24.9 Å². The number of methoxy groups -OCH3 is 1. The van der Waals surface area contributed by atoms with Gasteiger partial charge in [0.05, 0.1) is 19.3 Å². The number of halogens is 1. The molecule has 6 heteroatoms. The third-order valence-corrected chi connectivity index (χ3v) is 7.14. The average Bonchev–Trinajstić information content (AvgIpc) is 2.95. The van der Waals surface area contributed by atoms with Gasteiger partial charge in [0, 0.05) is 11.8 Å². The fourth-order valence-electron chi connectivity index (χ4n) is 5.13. The molecule has 5 nitrogen and oxygen atoms in total. The zero-order chi connectivity index (χ0) is 26.5. The Morgan fingerprint density at radius 2 is 1.84 bits per heavy atom. The van der Waals surface area contributed by atoms with Crippen LogP contribution >= 0.6 is 0 Å². The minimum absolute atomic E-state index is 0.0251. The van der Waals surface area contributed by atoms with Crippen LogP contribution in [0.5, 0.6) is 11.5 Å². The van der Waals surface area contributed by atoms with Gasteiger partial charge in [-0.25, -0.2) is 9.18 Å². The molecule has 0 saturated heterocycles. The molecular weight excluding hydrogens is 481 g/mol. The van der Waals surface area contributed by atoms with Crippen LogP contribution in [0.3, 0.4) is 0 Å². The maximum absolute atomic E-state index is 14.2. The first kappa shape index (κ1) is 25.6. The van der Waals surface area contributed by atoms with Crippen LogP contribution < -0.4 is 14.4 Å². The van der Waals surface area contributed by atoms with Crippen molar-refractivity contribution in [3.05, 3.63) is 96.3 Å². The number of rotatable bonds is 9. The first-order valence-electron chi connectivity index (χ1n) is 13.0. The van der Waals surface area contributed by atoms with Crippen LogP contribution in [0.4, 0.5) is 15.8 Å². The van der Waals surface area contributed by atoms with Gasteiger partial charge >= 0.3 is 5.97 Å². The van der Waals surface area contributed by atoms with E-state index in [2.05, 4.69) is 59.0 Å². The summed E-state index contributed by atoms with van der Waals surface area (Å²) in [5.41, 5.74) is 2.98. The van der Waals surface area contributed by atoms with Gasteiger partial charge in [0.25, 0.3) is 0 Å². The number of fused-ring (bicyclic) bond motifs is 2. The van der Waals surface area contributed by atoms with E-state index >= 15 is 0 Å². The number of carbonyl (C=O) groups is 1. The molecular formula is C32H32FNO4. The molecule has 4 aromatic rings. The van der Waals surface area contributed by atoms with Gasteiger partial charge in [-0.2, -0.15) is 0 Å². The molecule has 0 saturated carbocycles. The van der Waals surface area contributed by atoms with E-state index < -0.39 is 5.97 Å². The summed E-state index contributed by atoms with van der Waals surface area (Å²) >= 11 is 0. The van der Waals surface area contributed by atoms with E-state index in [-0.39, 0.29) is 18.5 Å². The van der Waals surface area contributed by atoms with Crippen LogP contribution in [0.1, 0.15) is 37.7 Å². The molecule has 38 heavy (non-hydrogen) atoms. The van der Waals surface area contributed by atoms with Gasteiger partial charge in [0.15, 0.2) is 6.61 Å². The summed E-state index contributed by atoms with van der Waals surface area (Å²) in [6.45, 7) is 2.75. The number of esters is 1. The molecule has 0 aliphatic carbocycles.